The highest BCUT2D eigenvalue weighted by Gasteiger charge is 2.60. The van der Waals surface area contributed by atoms with Gasteiger partial charge in [-0.25, -0.2) is 0 Å². The average molecular weight is 765 g/mol. The Labute approximate surface area is 342 Å². The normalized spacial score (nSPS) is 30.6. The van der Waals surface area contributed by atoms with Crippen LogP contribution in [0.2, 0.25) is 0 Å². The molecule has 4 saturated carbocycles. The summed E-state index contributed by atoms with van der Waals surface area (Å²) in [5.74, 6) is 14.7. The number of esters is 1. The zero-order chi connectivity index (χ0) is 39.7. The summed E-state index contributed by atoms with van der Waals surface area (Å²) in [6.07, 6.45) is 21.9. The lowest BCUT2D eigenvalue weighted by atomic mass is 9.44. The van der Waals surface area contributed by atoms with Gasteiger partial charge in [0, 0.05) is 11.1 Å². The van der Waals surface area contributed by atoms with Gasteiger partial charge in [-0.3, -0.25) is 4.79 Å². The Balaban J connectivity index is 0.915. The fraction of sp³-hybridized carbons (Fsp3) is 0.712. The molecule has 0 N–H and O–H groups in total. The highest BCUT2D eigenvalue weighted by atomic mass is 16.5. The second-order valence-corrected chi connectivity index (χ2v) is 19.7. The summed E-state index contributed by atoms with van der Waals surface area (Å²) in [6, 6.07) is 16.5. The van der Waals surface area contributed by atoms with Crippen molar-refractivity contribution in [2.24, 2.45) is 58.2 Å². The standard InChI is InChI=1S/C52H76O4/c1-8-38(4)50(53)55-35-12-10-9-11-34-54-43-23-18-40(19-24-43)16-17-41-20-25-44(26-21-41)56-45-30-32-51(6)42(36-45)22-27-46-48-29-28-47(39(5)15-13-14-37(2)3)52(48,7)33-31-49(46)51/h18-21,23-26,37-39,42,45-49H,8-15,22,27-36H2,1-7H3. The summed E-state index contributed by atoms with van der Waals surface area (Å²) in [5, 5.41) is 0. The van der Waals surface area contributed by atoms with Gasteiger partial charge < -0.3 is 14.2 Å². The van der Waals surface area contributed by atoms with Gasteiger partial charge in [-0.05, 0) is 191 Å². The predicted molar refractivity (Wildman–Crippen MR) is 231 cm³/mol. The van der Waals surface area contributed by atoms with E-state index in [0.29, 0.717) is 30.1 Å². The largest absolute Gasteiger partial charge is 0.494 e. The zero-order valence-corrected chi connectivity index (χ0v) is 36.4. The van der Waals surface area contributed by atoms with Gasteiger partial charge in [0.05, 0.1) is 25.2 Å². The maximum atomic E-state index is 11.8. The van der Waals surface area contributed by atoms with Gasteiger partial charge in [0.2, 0.25) is 0 Å². The summed E-state index contributed by atoms with van der Waals surface area (Å²) < 4.78 is 18.0. The third kappa shape index (κ3) is 10.4. The van der Waals surface area contributed by atoms with Crippen molar-refractivity contribution in [2.45, 2.75) is 164 Å². The van der Waals surface area contributed by atoms with E-state index in [1.807, 2.05) is 38.1 Å². The van der Waals surface area contributed by atoms with Crippen molar-refractivity contribution in [2.75, 3.05) is 13.2 Å². The van der Waals surface area contributed by atoms with Gasteiger partial charge in [0.15, 0.2) is 0 Å². The van der Waals surface area contributed by atoms with Crippen LogP contribution in [0, 0.1) is 70.0 Å². The molecular formula is C52H76O4. The molecule has 0 bridgehead atoms. The van der Waals surface area contributed by atoms with E-state index in [9.17, 15) is 4.79 Å². The molecule has 4 heteroatoms. The molecule has 0 spiro atoms. The molecule has 56 heavy (non-hydrogen) atoms. The van der Waals surface area contributed by atoms with Crippen LogP contribution in [0.1, 0.15) is 169 Å². The Morgan fingerprint density at radius 3 is 2.04 bits per heavy atom. The molecule has 0 aromatic heterocycles. The van der Waals surface area contributed by atoms with Crippen molar-refractivity contribution in [3.63, 3.8) is 0 Å². The van der Waals surface area contributed by atoms with E-state index in [2.05, 4.69) is 70.7 Å². The third-order valence-corrected chi connectivity index (χ3v) is 15.7. The molecule has 10 unspecified atom stereocenters. The van der Waals surface area contributed by atoms with Crippen molar-refractivity contribution in [3.05, 3.63) is 59.7 Å². The number of unbranched alkanes of at least 4 members (excludes halogenated alkanes) is 3. The molecule has 0 saturated heterocycles. The summed E-state index contributed by atoms with van der Waals surface area (Å²) in [4.78, 5) is 11.8. The lowest BCUT2D eigenvalue weighted by Crippen LogP contribution is -2.54. The highest BCUT2D eigenvalue weighted by molar-refractivity contribution is 5.71. The Hall–Kier alpha value is -2.93. The number of carbonyl (C=O) groups excluding carboxylic acids is 1. The Morgan fingerprint density at radius 2 is 1.36 bits per heavy atom. The highest BCUT2D eigenvalue weighted by Crippen LogP contribution is 2.68. The molecule has 0 heterocycles. The van der Waals surface area contributed by atoms with Gasteiger partial charge in [0.1, 0.15) is 11.5 Å². The van der Waals surface area contributed by atoms with Gasteiger partial charge in [-0.1, -0.05) is 79.6 Å². The molecule has 308 valence electrons. The van der Waals surface area contributed by atoms with Gasteiger partial charge in [-0.2, -0.15) is 0 Å². The van der Waals surface area contributed by atoms with E-state index >= 15 is 0 Å². The van der Waals surface area contributed by atoms with E-state index in [1.54, 1.807) is 0 Å². The van der Waals surface area contributed by atoms with Crippen LogP contribution < -0.4 is 9.47 Å². The summed E-state index contributed by atoms with van der Waals surface area (Å²) >= 11 is 0. The maximum Gasteiger partial charge on any atom is 0.308 e. The number of hydrogen-bond donors (Lipinski definition) is 0. The minimum Gasteiger partial charge on any atom is -0.494 e. The predicted octanol–water partition coefficient (Wildman–Crippen LogP) is 13.5. The van der Waals surface area contributed by atoms with Crippen molar-refractivity contribution in [3.8, 4) is 23.3 Å². The molecule has 4 aliphatic rings. The molecule has 10 atom stereocenters. The smallest absolute Gasteiger partial charge is 0.308 e. The van der Waals surface area contributed by atoms with Crippen LogP contribution >= 0.6 is 0 Å². The first-order chi connectivity index (χ1) is 27.0. The van der Waals surface area contributed by atoms with E-state index in [0.717, 1.165) is 96.2 Å². The fourth-order valence-corrected chi connectivity index (χ4v) is 12.2. The molecule has 6 rings (SSSR count). The summed E-state index contributed by atoms with van der Waals surface area (Å²) in [5.41, 5.74) is 3.05. The van der Waals surface area contributed by atoms with E-state index in [1.165, 1.54) is 77.0 Å². The molecule has 4 nitrogen and oxygen atoms in total. The van der Waals surface area contributed by atoms with Crippen LogP contribution in [-0.2, 0) is 9.53 Å². The summed E-state index contributed by atoms with van der Waals surface area (Å²) in [7, 11) is 0. The molecule has 0 aliphatic heterocycles. The van der Waals surface area contributed by atoms with Crippen LogP contribution in [0.25, 0.3) is 0 Å². The third-order valence-electron chi connectivity index (χ3n) is 15.7. The average Bonchev–Trinajstić information content (AvgIpc) is 3.56. The first kappa shape index (κ1) is 42.7. The molecule has 2 aromatic rings. The second kappa shape index (κ2) is 19.7. The second-order valence-electron chi connectivity index (χ2n) is 19.7. The number of ether oxygens (including phenoxy) is 3. The monoisotopic (exact) mass is 765 g/mol. The molecular weight excluding hydrogens is 689 g/mol. The van der Waals surface area contributed by atoms with Gasteiger partial charge in [0.25, 0.3) is 0 Å². The first-order valence-electron chi connectivity index (χ1n) is 23.2. The number of benzene rings is 2. The topological polar surface area (TPSA) is 44.8 Å². The quantitative estimate of drug-likeness (QED) is 0.0914. The molecule has 0 amide bonds. The number of fused-ring (bicyclic) bond motifs is 5. The lowest BCUT2D eigenvalue weighted by Gasteiger charge is -2.61. The van der Waals surface area contributed by atoms with Crippen LogP contribution in [-0.4, -0.2) is 25.3 Å². The van der Waals surface area contributed by atoms with E-state index < -0.39 is 0 Å². The first-order valence-corrected chi connectivity index (χ1v) is 23.2. The van der Waals surface area contributed by atoms with Crippen molar-refractivity contribution < 1.29 is 19.0 Å². The zero-order valence-electron chi connectivity index (χ0n) is 36.4. The molecule has 4 aliphatic carbocycles. The number of rotatable bonds is 17. The Bertz CT molecular complexity index is 1580. The summed E-state index contributed by atoms with van der Waals surface area (Å²) in [6.45, 7) is 17.9. The molecule has 4 fully saturated rings. The van der Waals surface area contributed by atoms with Crippen molar-refractivity contribution >= 4 is 5.97 Å². The van der Waals surface area contributed by atoms with Crippen LogP contribution in [0.4, 0.5) is 0 Å². The van der Waals surface area contributed by atoms with Crippen molar-refractivity contribution in [1.29, 1.82) is 0 Å². The number of carbonyl (C=O) groups is 1. The van der Waals surface area contributed by atoms with Crippen LogP contribution in [0.3, 0.4) is 0 Å². The van der Waals surface area contributed by atoms with E-state index in [4.69, 9.17) is 14.2 Å². The van der Waals surface area contributed by atoms with Gasteiger partial charge >= 0.3 is 5.97 Å². The number of hydrogen-bond acceptors (Lipinski definition) is 4. The Kier molecular flexibility index (Phi) is 15.0. The van der Waals surface area contributed by atoms with E-state index in [-0.39, 0.29) is 11.9 Å². The van der Waals surface area contributed by atoms with Gasteiger partial charge in [-0.15, -0.1) is 0 Å². The fourth-order valence-electron chi connectivity index (χ4n) is 12.2. The minimum atomic E-state index is -0.0782. The SMILES string of the molecule is CCC(C)C(=O)OCCCCCCOc1ccc(C#Cc2ccc(OC3CCC4(C)C(CCC5C4CCC4(C)C(C(C)CCCC(C)C)CCC54)C3)cc2)cc1. The van der Waals surface area contributed by atoms with Crippen molar-refractivity contribution in [1.82, 2.24) is 0 Å². The minimum absolute atomic E-state index is 0.00617. The Morgan fingerprint density at radius 1 is 0.714 bits per heavy atom. The molecule has 2 aromatic carbocycles. The lowest BCUT2D eigenvalue weighted by molar-refractivity contribution is -0.148. The maximum absolute atomic E-state index is 11.8. The van der Waals surface area contributed by atoms with Crippen LogP contribution in [0.15, 0.2) is 48.5 Å². The molecule has 0 radical (unpaired) electrons. The van der Waals surface area contributed by atoms with Crippen LogP contribution in [0.5, 0.6) is 11.5 Å².